The molecule has 0 fully saturated rings. The maximum absolute atomic E-state index is 12.2. The van der Waals surface area contributed by atoms with Gasteiger partial charge < -0.3 is 15.3 Å². The largest absolute Gasteiger partial charge is 0.480 e. The monoisotopic (exact) mass is 290 g/mol. The number of nitrogens with one attached hydrogen (secondary N) is 1. The van der Waals surface area contributed by atoms with Gasteiger partial charge >= 0.3 is 5.97 Å². The van der Waals surface area contributed by atoms with Crippen LogP contribution in [-0.2, 0) is 9.59 Å². The molecule has 0 aliphatic rings. The molecule has 2 N–H and O–H groups in total. The number of nitrogens with zero attached hydrogens (tertiary/aromatic N) is 1. The van der Waals surface area contributed by atoms with E-state index in [-0.39, 0.29) is 17.9 Å². The molecule has 0 radical (unpaired) electrons. The van der Waals surface area contributed by atoms with Crippen molar-refractivity contribution < 1.29 is 19.5 Å². The number of carbonyl (C=O) groups is 3. The lowest BCUT2D eigenvalue weighted by molar-refractivity contribution is -0.139. The molecule has 0 saturated heterocycles. The van der Waals surface area contributed by atoms with Gasteiger partial charge in [-0.3, -0.25) is 9.59 Å². The second kappa shape index (κ2) is 7.23. The molecule has 6 heteroatoms. The number of carbonyl (C=O) groups excluding carboxylic acids is 2. The van der Waals surface area contributed by atoms with Crippen molar-refractivity contribution in [3.8, 4) is 0 Å². The van der Waals surface area contributed by atoms with Gasteiger partial charge in [-0.15, -0.1) is 6.58 Å². The van der Waals surface area contributed by atoms with Crippen molar-refractivity contribution >= 4 is 23.5 Å². The lowest BCUT2D eigenvalue weighted by Gasteiger charge is -2.20. The fourth-order valence-corrected chi connectivity index (χ4v) is 1.75. The number of hydrogen-bond acceptors (Lipinski definition) is 3. The number of hydrogen-bond donors (Lipinski definition) is 2. The van der Waals surface area contributed by atoms with Gasteiger partial charge in [0.1, 0.15) is 6.04 Å². The number of aliphatic carboxylic acids is 1. The highest BCUT2D eigenvalue weighted by Gasteiger charge is 2.22. The van der Waals surface area contributed by atoms with Crippen LogP contribution in [0.3, 0.4) is 0 Å². The van der Waals surface area contributed by atoms with E-state index in [1.807, 2.05) is 0 Å². The summed E-state index contributed by atoms with van der Waals surface area (Å²) in [6, 6.07) is 5.46. The van der Waals surface area contributed by atoms with Crippen molar-refractivity contribution in [1.29, 1.82) is 0 Å². The van der Waals surface area contributed by atoms with Crippen LogP contribution in [0.25, 0.3) is 0 Å². The van der Waals surface area contributed by atoms with Crippen LogP contribution in [0.2, 0.25) is 0 Å². The van der Waals surface area contributed by atoms with Gasteiger partial charge in [-0.25, -0.2) is 4.79 Å². The maximum Gasteiger partial charge on any atom is 0.326 e. The van der Waals surface area contributed by atoms with Crippen LogP contribution in [0.1, 0.15) is 23.7 Å². The Hall–Kier alpha value is -2.63. The van der Waals surface area contributed by atoms with Crippen molar-refractivity contribution in [2.75, 3.05) is 11.9 Å². The molecule has 2 amide bonds. The smallest absolute Gasteiger partial charge is 0.326 e. The lowest BCUT2D eigenvalue weighted by Crippen LogP contribution is -2.41. The summed E-state index contributed by atoms with van der Waals surface area (Å²) in [5.41, 5.74) is 0.663. The molecule has 0 aliphatic carbocycles. The molecule has 21 heavy (non-hydrogen) atoms. The molecule has 6 nitrogen and oxygen atoms in total. The highest BCUT2D eigenvalue weighted by molar-refractivity contribution is 6.05. The topological polar surface area (TPSA) is 86.7 Å². The summed E-state index contributed by atoms with van der Waals surface area (Å²) >= 11 is 0. The zero-order valence-corrected chi connectivity index (χ0v) is 12.0. The average molecular weight is 290 g/mol. The van der Waals surface area contributed by atoms with Crippen LogP contribution in [0.4, 0.5) is 5.69 Å². The van der Waals surface area contributed by atoms with Gasteiger partial charge in [0.2, 0.25) is 5.91 Å². The summed E-state index contributed by atoms with van der Waals surface area (Å²) in [5, 5.41) is 11.5. The number of para-hydroxylation sites is 1. The Morgan fingerprint density at radius 3 is 2.52 bits per heavy atom. The molecular formula is C15H18N2O4. The van der Waals surface area contributed by atoms with Crippen molar-refractivity contribution in [2.45, 2.75) is 19.4 Å². The summed E-state index contributed by atoms with van der Waals surface area (Å²) in [7, 11) is 1.55. The van der Waals surface area contributed by atoms with Crippen LogP contribution in [0, 0.1) is 0 Å². The van der Waals surface area contributed by atoms with E-state index in [1.165, 1.54) is 24.0 Å². The number of benzene rings is 1. The average Bonchev–Trinajstić information content (AvgIpc) is 2.45. The predicted octanol–water partition coefficient (Wildman–Crippen LogP) is 1.43. The summed E-state index contributed by atoms with van der Waals surface area (Å²) in [6.07, 6.45) is 1.54. The van der Waals surface area contributed by atoms with Gasteiger partial charge in [-0.05, 0) is 18.6 Å². The third-order valence-corrected chi connectivity index (χ3v) is 2.99. The van der Waals surface area contributed by atoms with E-state index in [9.17, 15) is 14.4 Å². The van der Waals surface area contributed by atoms with E-state index in [0.29, 0.717) is 5.69 Å². The van der Waals surface area contributed by atoms with Crippen molar-refractivity contribution in [2.24, 2.45) is 0 Å². The molecule has 1 aromatic carbocycles. The first-order valence-corrected chi connectivity index (χ1v) is 6.36. The lowest BCUT2D eigenvalue weighted by atomic mass is 10.1. The Bertz CT molecular complexity index is 569. The van der Waals surface area contributed by atoms with Gasteiger partial charge in [0.25, 0.3) is 5.91 Å². The number of carboxylic acids is 1. The SMILES string of the molecule is C=CCC(NC(=O)c1ccccc1N(C)C(C)=O)C(=O)O. The first-order valence-electron chi connectivity index (χ1n) is 6.36. The molecule has 1 aromatic rings. The van der Waals surface area contributed by atoms with E-state index in [0.717, 1.165) is 0 Å². The normalized spacial score (nSPS) is 11.3. The Labute approximate surface area is 123 Å². The van der Waals surface area contributed by atoms with E-state index >= 15 is 0 Å². The molecule has 0 saturated carbocycles. The van der Waals surface area contributed by atoms with E-state index in [4.69, 9.17) is 5.11 Å². The summed E-state index contributed by atoms with van der Waals surface area (Å²) in [4.78, 5) is 36.1. The number of amides is 2. The third-order valence-electron chi connectivity index (χ3n) is 2.99. The predicted molar refractivity (Wildman–Crippen MR) is 79.2 cm³/mol. The minimum atomic E-state index is -1.14. The first kappa shape index (κ1) is 16.4. The van der Waals surface area contributed by atoms with Gasteiger partial charge in [0, 0.05) is 14.0 Å². The second-order valence-electron chi connectivity index (χ2n) is 4.48. The van der Waals surface area contributed by atoms with Crippen molar-refractivity contribution in [3.05, 3.63) is 42.5 Å². The van der Waals surface area contributed by atoms with Gasteiger partial charge in [-0.1, -0.05) is 18.2 Å². The third kappa shape index (κ3) is 4.17. The molecule has 0 spiro atoms. The van der Waals surface area contributed by atoms with E-state index in [2.05, 4.69) is 11.9 Å². The standard InChI is InChI=1S/C15H18N2O4/c1-4-7-12(15(20)21)16-14(19)11-8-5-6-9-13(11)17(3)10(2)18/h4-6,8-9,12H,1,7H2,2-3H3,(H,16,19)(H,20,21). The van der Waals surface area contributed by atoms with E-state index in [1.54, 1.807) is 25.2 Å². The summed E-state index contributed by atoms with van der Waals surface area (Å²) in [6.45, 7) is 4.85. The fourth-order valence-electron chi connectivity index (χ4n) is 1.75. The minimum Gasteiger partial charge on any atom is -0.480 e. The minimum absolute atomic E-state index is 0.117. The second-order valence-corrected chi connectivity index (χ2v) is 4.48. The highest BCUT2D eigenvalue weighted by Crippen LogP contribution is 2.19. The Balaban J connectivity index is 3.05. The van der Waals surface area contributed by atoms with E-state index < -0.39 is 17.9 Å². The highest BCUT2D eigenvalue weighted by atomic mass is 16.4. The molecule has 0 aliphatic heterocycles. The molecule has 0 heterocycles. The molecule has 112 valence electrons. The summed E-state index contributed by atoms with van der Waals surface area (Å²) < 4.78 is 0. The zero-order chi connectivity index (χ0) is 16.0. The molecule has 1 atom stereocenters. The Morgan fingerprint density at radius 2 is 2.00 bits per heavy atom. The van der Waals surface area contributed by atoms with Crippen LogP contribution < -0.4 is 10.2 Å². The first-order chi connectivity index (χ1) is 9.88. The van der Waals surface area contributed by atoms with Crippen molar-refractivity contribution in [1.82, 2.24) is 5.32 Å². The van der Waals surface area contributed by atoms with Crippen LogP contribution in [-0.4, -0.2) is 36.0 Å². The molecule has 0 bridgehead atoms. The Morgan fingerprint density at radius 1 is 1.38 bits per heavy atom. The number of carboxylic acid groups (broad SMARTS) is 1. The maximum atomic E-state index is 12.2. The number of rotatable bonds is 6. The quantitative estimate of drug-likeness (QED) is 0.776. The van der Waals surface area contributed by atoms with Gasteiger partial charge in [0.05, 0.1) is 11.3 Å². The van der Waals surface area contributed by atoms with Crippen LogP contribution >= 0.6 is 0 Å². The fraction of sp³-hybridized carbons (Fsp3) is 0.267. The van der Waals surface area contributed by atoms with Gasteiger partial charge in [-0.2, -0.15) is 0 Å². The molecule has 1 unspecified atom stereocenters. The van der Waals surface area contributed by atoms with Crippen molar-refractivity contribution in [3.63, 3.8) is 0 Å². The Kier molecular flexibility index (Phi) is 5.66. The number of anilines is 1. The zero-order valence-electron chi connectivity index (χ0n) is 12.0. The molecular weight excluding hydrogens is 272 g/mol. The van der Waals surface area contributed by atoms with Crippen LogP contribution in [0.5, 0.6) is 0 Å². The molecule has 1 rings (SSSR count). The van der Waals surface area contributed by atoms with Crippen LogP contribution in [0.15, 0.2) is 36.9 Å². The van der Waals surface area contributed by atoms with Gasteiger partial charge in [0.15, 0.2) is 0 Å². The molecule has 0 aromatic heterocycles. The summed E-state index contributed by atoms with van der Waals surface area (Å²) in [5.74, 6) is -1.91.